The number of hydrogen-bond acceptors (Lipinski definition) is 1. The van der Waals surface area contributed by atoms with Crippen molar-refractivity contribution in [2.24, 2.45) is 0 Å². The van der Waals surface area contributed by atoms with Crippen LogP contribution in [0, 0.1) is 0 Å². The summed E-state index contributed by atoms with van der Waals surface area (Å²) < 4.78 is 0. The Labute approximate surface area is 113 Å². The average molecular weight is 326 g/mol. The Balaban J connectivity index is 2.69. The summed E-state index contributed by atoms with van der Waals surface area (Å²) in [5, 5.41) is 4.42. The number of carbonyl (C=O) groups excluding carboxylic acids is 1. The first kappa shape index (κ1) is 13.6. The van der Waals surface area contributed by atoms with Crippen LogP contribution < -0.4 is 5.32 Å². The molecular formula is C10H11BrCl2N2O. The van der Waals surface area contributed by atoms with E-state index < -0.39 is 0 Å². The van der Waals surface area contributed by atoms with E-state index in [2.05, 4.69) is 21.2 Å². The summed E-state index contributed by atoms with van der Waals surface area (Å²) in [5.41, 5.74) is 0.587. The van der Waals surface area contributed by atoms with Gasteiger partial charge in [0.2, 0.25) is 0 Å². The van der Waals surface area contributed by atoms with Gasteiger partial charge in [-0.3, -0.25) is 0 Å². The van der Waals surface area contributed by atoms with Gasteiger partial charge >= 0.3 is 6.03 Å². The van der Waals surface area contributed by atoms with Gasteiger partial charge in [-0.2, -0.15) is 0 Å². The van der Waals surface area contributed by atoms with Crippen molar-refractivity contribution in [1.82, 2.24) is 4.90 Å². The van der Waals surface area contributed by atoms with Crippen molar-refractivity contribution in [2.75, 3.05) is 24.2 Å². The van der Waals surface area contributed by atoms with E-state index in [9.17, 15) is 4.79 Å². The number of rotatable bonds is 3. The lowest BCUT2D eigenvalue weighted by molar-refractivity contribution is 0.225. The topological polar surface area (TPSA) is 32.3 Å². The summed E-state index contributed by atoms with van der Waals surface area (Å²) in [6.45, 7) is 0.625. The second kappa shape index (κ2) is 6.33. The molecule has 0 saturated heterocycles. The Morgan fingerprint density at radius 1 is 1.38 bits per heavy atom. The molecule has 3 nitrogen and oxygen atoms in total. The molecule has 0 aliphatic carbocycles. The van der Waals surface area contributed by atoms with Crippen LogP contribution in [0.2, 0.25) is 10.0 Å². The summed E-state index contributed by atoms with van der Waals surface area (Å²) in [6.07, 6.45) is 0. The number of alkyl halides is 1. The number of nitrogens with zero attached hydrogens (tertiary/aromatic N) is 1. The van der Waals surface area contributed by atoms with Crippen LogP contribution in [-0.2, 0) is 0 Å². The van der Waals surface area contributed by atoms with Gasteiger partial charge in [-0.25, -0.2) is 4.79 Å². The minimum absolute atomic E-state index is 0.196. The monoisotopic (exact) mass is 324 g/mol. The predicted octanol–water partition coefficient (Wildman–Crippen LogP) is 3.85. The van der Waals surface area contributed by atoms with Gasteiger partial charge in [0.15, 0.2) is 0 Å². The fourth-order valence-corrected chi connectivity index (χ4v) is 2.13. The van der Waals surface area contributed by atoms with Gasteiger partial charge < -0.3 is 10.2 Å². The van der Waals surface area contributed by atoms with E-state index in [1.54, 1.807) is 30.1 Å². The number of hydrogen-bond donors (Lipinski definition) is 1. The molecule has 2 amide bonds. The zero-order chi connectivity index (χ0) is 12.1. The van der Waals surface area contributed by atoms with E-state index >= 15 is 0 Å². The molecule has 0 aromatic heterocycles. The lowest BCUT2D eigenvalue weighted by Gasteiger charge is -2.16. The Kier molecular flexibility index (Phi) is 5.38. The normalized spacial score (nSPS) is 10.0. The molecule has 0 bridgehead atoms. The highest BCUT2D eigenvalue weighted by Crippen LogP contribution is 2.22. The summed E-state index contributed by atoms with van der Waals surface area (Å²) in [4.78, 5) is 13.2. The molecule has 0 unspecified atom stereocenters. The molecule has 0 spiro atoms. The summed E-state index contributed by atoms with van der Waals surface area (Å²) >= 11 is 14.9. The summed E-state index contributed by atoms with van der Waals surface area (Å²) in [7, 11) is 1.71. The molecule has 0 aliphatic rings. The number of benzene rings is 1. The molecule has 0 fully saturated rings. The number of amides is 2. The molecule has 16 heavy (non-hydrogen) atoms. The molecule has 1 aromatic rings. The molecule has 0 aliphatic heterocycles. The minimum Gasteiger partial charge on any atom is -0.327 e. The third-order valence-corrected chi connectivity index (χ3v) is 2.67. The Bertz CT molecular complexity index is 367. The van der Waals surface area contributed by atoms with Crippen molar-refractivity contribution in [1.29, 1.82) is 0 Å². The highest BCUT2D eigenvalue weighted by Gasteiger charge is 2.08. The molecule has 0 atom stereocenters. The number of halogens is 3. The zero-order valence-corrected chi connectivity index (χ0v) is 11.7. The van der Waals surface area contributed by atoms with Gasteiger partial charge in [0.1, 0.15) is 0 Å². The van der Waals surface area contributed by atoms with E-state index in [4.69, 9.17) is 23.2 Å². The molecule has 0 saturated carbocycles. The third kappa shape index (κ3) is 4.20. The van der Waals surface area contributed by atoms with Crippen molar-refractivity contribution in [3.63, 3.8) is 0 Å². The largest absolute Gasteiger partial charge is 0.327 e. The zero-order valence-electron chi connectivity index (χ0n) is 8.64. The van der Waals surface area contributed by atoms with Gasteiger partial charge in [0.25, 0.3) is 0 Å². The predicted molar refractivity (Wildman–Crippen MR) is 71.9 cm³/mol. The lowest BCUT2D eigenvalue weighted by Crippen LogP contribution is -2.32. The highest BCUT2D eigenvalue weighted by atomic mass is 79.9. The number of carbonyl (C=O) groups is 1. The van der Waals surface area contributed by atoms with Crippen molar-refractivity contribution < 1.29 is 4.79 Å². The lowest BCUT2D eigenvalue weighted by atomic mass is 10.3. The van der Waals surface area contributed by atoms with Crippen LogP contribution >= 0.6 is 39.1 Å². The van der Waals surface area contributed by atoms with Crippen LogP contribution in [0.15, 0.2) is 18.2 Å². The Morgan fingerprint density at radius 3 is 2.44 bits per heavy atom. The van der Waals surface area contributed by atoms with Crippen molar-refractivity contribution in [3.8, 4) is 0 Å². The molecule has 88 valence electrons. The molecule has 0 heterocycles. The van der Waals surface area contributed by atoms with Crippen molar-refractivity contribution in [3.05, 3.63) is 28.2 Å². The standard InChI is InChI=1S/C10H11BrCl2N2O/c1-15(3-2-11)10(16)14-9-5-7(12)4-8(13)6-9/h4-6H,2-3H2,1H3,(H,14,16). The van der Waals surface area contributed by atoms with Crippen LogP contribution in [0.1, 0.15) is 0 Å². The van der Waals surface area contributed by atoms with Crippen molar-refractivity contribution >= 4 is 50.9 Å². The maximum Gasteiger partial charge on any atom is 0.321 e. The van der Waals surface area contributed by atoms with Crippen LogP contribution in [0.25, 0.3) is 0 Å². The van der Waals surface area contributed by atoms with Crippen LogP contribution in [0.4, 0.5) is 10.5 Å². The van der Waals surface area contributed by atoms with Gasteiger partial charge in [-0.1, -0.05) is 39.1 Å². The third-order valence-electron chi connectivity index (χ3n) is 1.88. The van der Waals surface area contributed by atoms with Crippen LogP contribution in [0.3, 0.4) is 0 Å². The van der Waals surface area contributed by atoms with E-state index in [0.29, 0.717) is 22.3 Å². The summed E-state index contributed by atoms with van der Waals surface area (Å²) in [6, 6.07) is 4.71. The summed E-state index contributed by atoms with van der Waals surface area (Å²) in [5.74, 6) is 0. The quantitative estimate of drug-likeness (QED) is 0.841. The first-order valence-electron chi connectivity index (χ1n) is 4.57. The van der Waals surface area contributed by atoms with E-state index in [1.165, 1.54) is 0 Å². The van der Waals surface area contributed by atoms with Gasteiger partial charge in [-0.05, 0) is 18.2 Å². The SMILES string of the molecule is CN(CCBr)C(=O)Nc1cc(Cl)cc(Cl)c1. The highest BCUT2D eigenvalue weighted by molar-refractivity contribution is 9.09. The second-order valence-corrected chi connectivity index (χ2v) is 4.86. The fourth-order valence-electron chi connectivity index (χ4n) is 1.07. The molecule has 1 aromatic carbocycles. The number of urea groups is 1. The van der Waals surface area contributed by atoms with Gasteiger partial charge in [-0.15, -0.1) is 0 Å². The van der Waals surface area contributed by atoms with Crippen LogP contribution in [0.5, 0.6) is 0 Å². The molecule has 0 radical (unpaired) electrons. The van der Waals surface area contributed by atoms with E-state index in [1.807, 2.05) is 0 Å². The smallest absolute Gasteiger partial charge is 0.321 e. The van der Waals surface area contributed by atoms with Gasteiger partial charge in [0.05, 0.1) is 0 Å². The fraction of sp³-hybridized carbons (Fsp3) is 0.300. The van der Waals surface area contributed by atoms with E-state index in [-0.39, 0.29) is 6.03 Å². The van der Waals surface area contributed by atoms with E-state index in [0.717, 1.165) is 5.33 Å². The molecule has 6 heteroatoms. The van der Waals surface area contributed by atoms with Crippen molar-refractivity contribution in [2.45, 2.75) is 0 Å². The second-order valence-electron chi connectivity index (χ2n) is 3.20. The molecule has 1 rings (SSSR count). The molecular weight excluding hydrogens is 315 g/mol. The minimum atomic E-state index is -0.196. The Hall–Kier alpha value is -0.450. The molecule has 1 N–H and O–H groups in total. The number of nitrogens with one attached hydrogen (secondary N) is 1. The van der Waals surface area contributed by atoms with Gasteiger partial charge in [0, 0.05) is 34.7 Å². The first-order valence-corrected chi connectivity index (χ1v) is 6.45. The maximum absolute atomic E-state index is 11.6. The Morgan fingerprint density at radius 2 is 1.94 bits per heavy atom. The number of anilines is 1. The average Bonchev–Trinajstić information content (AvgIpc) is 2.16. The van der Waals surface area contributed by atoms with Crippen LogP contribution in [-0.4, -0.2) is 29.9 Å². The maximum atomic E-state index is 11.6. The first-order chi connectivity index (χ1) is 7.52.